The van der Waals surface area contributed by atoms with Gasteiger partial charge in [-0.2, -0.15) is 0 Å². The van der Waals surface area contributed by atoms with Crippen molar-refractivity contribution in [1.82, 2.24) is 15.0 Å². The van der Waals surface area contributed by atoms with Gasteiger partial charge in [-0.25, -0.2) is 14.3 Å². The van der Waals surface area contributed by atoms with Crippen LogP contribution in [0.4, 0.5) is 0 Å². The zero-order chi connectivity index (χ0) is 15.6. The van der Waals surface area contributed by atoms with Gasteiger partial charge in [0.1, 0.15) is 0 Å². The van der Waals surface area contributed by atoms with E-state index in [9.17, 15) is 9.59 Å². The van der Waals surface area contributed by atoms with Crippen LogP contribution in [-0.2, 0) is 9.47 Å². The molecule has 0 spiro atoms. The minimum Gasteiger partial charge on any atom is -0.464 e. The fourth-order valence-corrected chi connectivity index (χ4v) is 2.05. The molecule has 0 saturated heterocycles. The van der Waals surface area contributed by atoms with Crippen LogP contribution in [0, 0.1) is 13.8 Å². The summed E-state index contributed by atoms with van der Waals surface area (Å²) in [5, 5.41) is 7.60. The summed E-state index contributed by atoms with van der Waals surface area (Å²) in [6, 6.07) is 5.64. The summed E-state index contributed by atoms with van der Waals surface area (Å²) in [6.07, 6.45) is 0. The lowest BCUT2D eigenvalue weighted by Crippen LogP contribution is -2.15. The molecule has 2 rings (SSSR count). The number of aromatic nitrogens is 3. The first-order chi connectivity index (χ1) is 9.97. The predicted molar refractivity (Wildman–Crippen MR) is 73.5 cm³/mol. The van der Waals surface area contributed by atoms with Gasteiger partial charge in [0.2, 0.25) is 5.69 Å². The minimum absolute atomic E-state index is 0.0608. The van der Waals surface area contributed by atoms with Crippen LogP contribution >= 0.6 is 0 Å². The number of hydrogen-bond acceptors (Lipinski definition) is 6. The Morgan fingerprint density at radius 2 is 1.57 bits per heavy atom. The number of ether oxygens (including phenoxy) is 2. The Morgan fingerprint density at radius 1 is 1.00 bits per heavy atom. The number of benzene rings is 1. The van der Waals surface area contributed by atoms with Gasteiger partial charge >= 0.3 is 11.9 Å². The largest absolute Gasteiger partial charge is 0.464 e. The molecule has 0 unspecified atom stereocenters. The Labute approximate surface area is 121 Å². The summed E-state index contributed by atoms with van der Waals surface area (Å²) in [5.41, 5.74) is 2.38. The van der Waals surface area contributed by atoms with E-state index in [1.54, 1.807) is 0 Å². The molecular weight excluding hydrogens is 274 g/mol. The van der Waals surface area contributed by atoms with Crippen molar-refractivity contribution in [1.29, 1.82) is 0 Å². The number of aryl methyl sites for hydroxylation is 2. The van der Waals surface area contributed by atoms with E-state index >= 15 is 0 Å². The molecule has 0 aliphatic rings. The molecule has 1 aromatic heterocycles. The Hall–Kier alpha value is -2.70. The molecule has 0 amide bonds. The third kappa shape index (κ3) is 2.76. The zero-order valence-corrected chi connectivity index (χ0v) is 12.2. The fourth-order valence-electron chi connectivity index (χ4n) is 2.05. The lowest BCUT2D eigenvalue weighted by molar-refractivity contribution is 0.0546. The molecule has 0 fully saturated rings. The molecule has 110 valence electrons. The first-order valence-corrected chi connectivity index (χ1v) is 6.19. The number of nitrogens with zero attached hydrogens (tertiary/aromatic N) is 3. The first kappa shape index (κ1) is 14.7. The highest BCUT2D eigenvalue weighted by Crippen LogP contribution is 2.18. The van der Waals surface area contributed by atoms with Gasteiger partial charge in [0.05, 0.1) is 19.9 Å². The Balaban J connectivity index is 2.66. The first-order valence-electron chi connectivity index (χ1n) is 6.19. The number of rotatable bonds is 3. The summed E-state index contributed by atoms with van der Waals surface area (Å²) < 4.78 is 10.6. The van der Waals surface area contributed by atoms with Crippen LogP contribution in [0.15, 0.2) is 18.2 Å². The van der Waals surface area contributed by atoms with E-state index < -0.39 is 11.9 Å². The number of carbonyl (C=O) groups excluding carboxylic acids is 2. The molecule has 21 heavy (non-hydrogen) atoms. The van der Waals surface area contributed by atoms with E-state index in [4.69, 9.17) is 4.74 Å². The fraction of sp³-hybridized carbons (Fsp3) is 0.286. The SMILES string of the molecule is COC(=O)c1nnn(-c2cc(C)cc(C)c2)c1C(=O)OC. The number of carbonyl (C=O) groups is 2. The quantitative estimate of drug-likeness (QED) is 0.795. The second-order valence-corrected chi connectivity index (χ2v) is 4.53. The monoisotopic (exact) mass is 289 g/mol. The average Bonchev–Trinajstić information content (AvgIpc) is 2.89. The van der Waals surface area contributed by atoms with Crippen LogP contribution < -0.4 is 0 Å². The van der Waals surface area contributed by atoms with E-state index in [1.165, 1.54) is 18.9 Å². The molecule has 7 heteroatoms. The van der Waals surface area contributed by atoms with Crippen molar-refractivity contribution >= 4 is 11.9 Å². The van der Waals surface area contributed by atoms with Gasteiger partial charge in [-0.05, 0) is 37.1 Å². The van der Waals surface area contributed by atoms with Crippen LogP contribution in [0.25, 0.3) is 5.69 Å². The van der Waals surface area contributed by atoms with Crippen molar-refractivity contribution in [3.63, 3.8) is 0 Å². The van der Waals surface area contributed by atoms with Gasteiger partial charge in [-0.3, -0.25) is 0 Å². The average molecular weight is 289 g/mol. The Bertz CT molecular complexity index is 686. The lowest BCUT2D eigenvalue weighted by Gasteiger charge is -2.08. The Morgan fingerprint density at radius 3 is 2.10 bits per heavy atom. The maximum absolute atomic E-state index is 11.9. The van der Waals surface area contributed by atoms with Crippen molar-refractivity contribution in [3.8, 4) is 5.69 Å². The Kier molecular flexibility index (Phi) is 4.02. The van der Waals surface area contributed by atoms with Crippen molar-refractivity contribution in [2.24, 2.45) is 0 Å². The summed E-state index contributed by atoms with van der Waals surface area (Å²) in [4.78, 5) is 23.6. The van der Waals surface area contributed by atoms with Crippen molar-refractivity contribution in [3.05, 3.63) is 40.7 Å². The molecule has 0 aliphatic heterocycles. The van der Waals surface area contributed by atoms with Crippen LogP contribution in [0.5, 0.6) is 0 Å². The van der Waals surface area contributed by atoms with Gasteiger partial charge in [0, 0.05) is 0 Å². The highest BCUT2D eigenvalue weighted by molar-refractivity contribution is 6.00. The zero-order valence-electron chi connectivity index (χ0n) is 12.2. The molecule has 1 heterocycles. The van der Waals surface area contributed by atoms with E-state index in [0.717, 1.165) is 11.1 Å². The topological polar surface area (TPSA) is 83.3 Å². The van der Waals surface area contributed by atoms with Crippen LogP contribution in [0.3, 0.4) is 0 Å². The molecule has 0 saturated carbocycles. The number of methoxy groups -OCH3 is 2. The molecule has 1 aromatic carbocycles. The molecule has 0 radical (unpaired) electrons. The van der Waals surface area contributed by atoms with Crippen LogP contribution in [-0.4, -0.2) is 41.2 Å². The highest BCUT2D eigenvalue weighted by atomic mass is 16.5. The number of hydrogen-bond donors (Lipinski definition) is 0. The normalized spacial score (nSPS) is 10.3. The third-order valence-corrected chi connectivity index (χ3v) is 2.88. The molecule has 7 nitrogen and oxygen atoms in total. The van der Waals surface area contributed by atoms with Crippen molar-refractivity contribution < 1.29 is 19.1 Å². The molecule has 0 aliphatic carbocycles. The maximum Gasteiger partial charge on any atom is 0.361 e. The molecular formula is C14H15N3O4. The van der Waals surface area contributed by atoms with Gasteiger partial charge in [0.25, 0.3) is 0 Å². The van der Waals surface area contributed by atoms with E-state index in [-0.39, 0.29) is 11.4 Å². The summed E-state index contributed by atoms with van der Waals surface area (Å²) >= 11 is 0. The van der Waals surface area contributed by atoms with Crippen LogP contribution in [0.2, 0.25) is 0 Å². The number of esters is 2. The minimum atomic E-state index is -0.744. The lowest BCUT2D eigenvalue weighted by atomic mass is 10.1. The van der Waals surface area contributed by atoms with Crippen molar-refractivity contribution in [2.75, 3.05) is 14.2 Å². The standard InChI is InChI=1S/C14H15N3O4/c1-8-5-9(2)7-10(6-8)17-12(14(19)21-4)11(15-16-17)13(18)20-3/h5-7H,1-4H3. The molecule has 0 bridgehead atoms. The smallest absolute Gasteiger partial charge is 0.361 e. The molecule has 0 N–H and O–H groups in total. The van der Waals surface area contributed by atoms with Gasteiger partial charge in [-0.1, -0.05) is 11.3 Å². The van der Waals surface area contributed by atoms with E-state index in [1.807, 2.05) is 32.0 Å². The predicted octanol–water partition coefficient (Wildman–Crippen LogP) is 1.46. The van der Waals surface area contributed by atoms with E-state index in [2.05, 4.69) is 15.0 Å². The molecule has 0 atom stereocenters. The second kappa shape index (κ2) is 5.74. The third-order valence-electron chi connectivity index (χ3n) is 2.88. The van der Waals surface area contributed by atoms with E-state index in [0.29, 0.717) is 5.69 Å². The summed E-state index contributed by atoms with van der Waals surface area (Å²) in [5.74, 6) is -1.45. The summed E-state index contributed by atoms with van der Waals surface area (Å²) in [6.45, 7) is 3.85. The van der Waals surface area contributed by atoms with Gasteiger partial charge in [0.15, 0.2) is 5.69 Å². The van der Waals surface area contributed by atoms with Gasteiger partial charge < -0.3 is 9.47 Å². The second-order valence-electron chi connectivity index (χ2n) is 4.53. The molecule has 2 aromatic rings. The van der Waals surface area contributed by atoms with Crippen molar-refractivity contribution in [2.45, 2.75) is 13.8 Å². The summed E-state index contributed by atoms with van der Waals surface area (Å²) in [7, 11) is 2.43. The highest BCUT2D eigenvalue weighted by Gasteiger charge is 2.27. The van der Waals surface area contributed by atoms with Crippen LogP contribution in [0.1, 0.15) is 32.1 Å². The van der Waals surface area contributed by atoms with Gasteiger partial charge in [-0.15, -0.1) is 5.10 Å². The maximum atomic E-state index is 11.9.